The summed E-state index contributed by atoms with van der Waals surface area (Å²) in [6.45, 7) is 14.0. The molecule has 688 valence electrons. The van der Waals surface area contributed by atoms with Crippen molar-refractivity contribution < 1.29 is 17.9 Å². The lowest BCUT2D eigenvalue weighted by atomic mass is 9.86. The van der Waals surface area contributed by atoms with Crippen LogP contribution in [-0.4, -0.2) is 131 Å². The summed E-state index contributed by atoms with van der Waals surface area (Å²) in [6, 6.07) is 80.7. The van der Waals surface area contributed by atoms with Gasteiger partial charge in [-0.15, -0.1) is 0 Å². The molecule has 0 bridgehead atoms. The zero-order valence-corrected chi connectivity index (χ0v) is 77.2. The minimum Gasteiger partial charge on any atom is -0.382 e. The predicted octanol–water partition coefficient (Wildman–Crippen LogP) is 19.4. The van der Waals surface area contributed by atoms with Crippen LogP contribution in [0.25, 0.3) is 78.8 Å². The standard InChI is InChI=1S/C17H21N3.C16H19N3O.C15H20N4O.C15H17N3.C14H18N4O2S.C13H16N4.C13H15N3/c18-17-19-15(11-13-7-3-1-4-8-13)12-16(20-17)14-9-5-2-6-10-14;17-16-18-14(10-12-6-8-20-9-7-12)11-15(19-16)13-4-2-1-3-5-13;1-2-20-10-6-9-17-14-11-13(18-15(16)19-14)12-7-4-3-5-8-12;16-15-17-13(9-8-11-6-7-11)10-14(18-15)12-4-2-1-3-5-12;1-3-8-16-13-9-12(17-14(15)18-13)10-4-6-11(7-5-10)21(2,19)20;1-2-8-15-12-9-11(16-13(14)17-12)10-6-4-3-5-7-10;1-2-6-11-9-12(16-13(14)15-11)10-7-4-3-5-8-10/h2,5-6,9-10,12-13H,1,3-4,7-8,11H2,(H2,18,19,20);1-5,11-12H,6-10H2,(H2,17,18,19);3-5,7-8,11H,2,6,9-10H2,1H3,(H3,16,17,18,19);1-5,10-11H,6-9H2,(H2,16,17,18);4-7,9H,3,8H2,1-2H3,(H3,15,16,17,18);3-7,9H,2,8H2,1H3,(H3,14,15,16,17);3-5,7-9H,2,6H2,1H3,(H2,14,15,16). The average molecular weight is 1800 g/mol. The van der Waals surface area contributed by atoms with Gasteiger partial charge in [0.05, 0.1) is 44.8 Å². The van der Waals surface area contributed by atoms with Crippen LogP contribution in [0, 0.1) is 17.8 Å². The summed E-state index contributed by atoms with van der Waals surface area (Å²) >= 11 is 0. The highest BCUT2D eigenvalue weighted by molar-refractivity contribution is 7.90. The number of nitrogens with one attached hydrogen (secondary N) is 3. The fourth-order valence-electron chi connectivity index (χ4n) is 14.8. The number of nitrogens with two attached hydrogens (primary N) is 7. The van der Waals surface area contributed by atoms with Gasteiger partial charge < -0.3 is 65.6 Å². The second-order valence-corrected chi connectivity index (χ2v) is 34.4. The molecule has 14 aromatic rings. The van der Waals surface area contributed by atoms with Crippen LogP contribution in [-0.2, 0) is 45.0 Å². The molecule has 0 unspecified atom stereocenters. The van der Waals surface area contributed by atoms with Crippen LogP contribution in [0.15, 0.2) is 254 Å². The summed E-state index contributed by atoms with van der Waals surface area (Å²) in [4.78, 5) is 60.0. The molecule has 29 heteroatoms. The molecule has 17 rings (SSSR count). The smallest absolute Gasteiger partial charge is 0.222 e. The minimum atomic E-state index is -3.20. The van der Waals surface area contributed by atoms with E-state index in [1.165, 1.54) is 57.6 Å². The SMILES string of the molecule is CCCNc1cc(-c2ccc(S(C)(=O)=O)cc2)nc(N)n1.CCCNc1cc(-c2ccccc2)nc(N)n1.CCCc1cc(-c2ccccc2)nc(N)n1.CCOCCCNc1cc(-c2ccccc2)nc(N)n1.Nc1nc(CC2CCCCC2)cc(-c2ccccc2)n1.Nc1nc(CC2CCOCC2)cc(-c2ccccc2)n1.Nc1nc(CCC2CC2)cc(-c2ccccc2)n1. The second-order valence-electron chi connectivity index (χ2n) is 32.4. The van der Waals surface area contributed by atoms with Crippen LogP contribution in [0.1, 0.15) is 140 Å². The zero-order valence-electron chi connectivity index (χ0n) is 76.4. The van der Waals surface area contributed by atoms with Gasteiger partial charge in [-0.3, -0.25) is 0 Å². The molecular formula is C103H126N24O4S. The molecule has 2 aliphatic carbocycles. The van der Waals surface area contributed by atoms with E-state index in [2.05, 4.69) is 137 Å². The Morgan fingerprint density at radius 2 is 0.629 bits per heavy atom. The molecule has 8 heterocycles. The number of nitrogens with zero attached hydrogens (tertiary/aromatic N) is 14. The van der Waals surface area contributed by atoms with Crippen molar-refractivity contribution in [2.75, 3.05) is 108 Å². The van der Waals surface area contributed by atoms with Crippen LogP contribution in [0.3, 0.4) is 0 Å². The van der Waals surface area contributed by atoms with Crippen molar-refractivity contribution in [3.8, 4) is 78.8 Å². The Morgan fingerprint density at radius 1 is 0.326 bits per heavy atom. The van der Waals surface area contributed by atoms with Gasteiger partial charge in [-0.05, 0) is 125 Å². The maximum Gasteiger partial charge on any atom is 0.222 e. The fourth-order valence-corrected chi connectivity index (χ4v) is 15.4. The van der Waals surface area contributed by atoms with Gasteiger partial charge in [0.15, 0.2) is 9.84 Å². The highest BCUT2D eigenvalue weighted by Crippen LogP contribution is 2.35. The number of sulfone groups is 1. The van der Waals surface area contributed by atoms with E-state index in [0.29, 0.717) is 47.2 Å². The van der Waals surface area contributed by atoms with Crippen molar-refractivity contribution in [3.05, 3.63) is 271 Å². The van der Waals surface area contributed by atoms with E-state index in [0.717, 1.165) is 230 Å². The number of hydrogen-bond donors (Lipinski definition) is 10. The van der Waals surface area contributed by atoms with Crippen molar-refractivity contribution in [2.45, 2.75) is 148 Å². The Balaban J connectivity index is 0.000000149. The molecule has 7 aromatic heterocycles. The van der Waals surface area contributed by atoms with Gasteiger partial charge in [0.1, 0.15) is 17.5 Å². The number of hydrogen-bond acceptors (Lipinski definition) is 28. The first-order valence-corrected chi connectivity index (χ1v) is 47.6. The summed E-state index contributed by atoms with van der Waals surface area (Å²) in [5.74, 6) is 6.72. The zero-order chi connectivity index (χ0) is 93.1. The summed E-state index contributed by atoms with van der Waals surface area (Å²) < 4.78 is 33.6. The molecule has 132 heavy (non-hydrogen) atoms. The summed E-state index contributed by atoms with van der Waals surface area (Å²) in [5, 5.41) is 9.61. The maximum absolute atomic E-state index is 11.5. The van der Waals surface area contributed by atoms with Gasteiger partial charge in [-0.2, -0.15) is 15.0 Å². The Kier molecular flexibility index (Phi) is 39.3. The Morgan fingerprint density at radius 3 is 0.955 bits per heavy atom. The molecule has 3 fully saturated rings. The van der Waals surface area contributed by atoms with Crippen LogP contribution in [0.5, 0.6) is 0 Å². The van der Waals surface area contributed by atoms with Gasteiger partial charge in [-0.1, -0.05) is 266 Å². The van der Waals surface area contributed by atoms with Gasteiger partial charge in [0.2, 0.25) is 41.6 Å². The molecule has 17 N–H and O–H groups in total. The van der Waals surface area contributed by atoms with Gasteiger partial charge in [-0.25, -0.2) is 63.2 Å². The lowest BCUT2D eigenvalue weighted by Gasteiger charge is -2.21. The van der Waals surface area contributed by atoms with Crippen molar-refractivity contribution in [3.63, 3.8) is 0 Å². The third-order valence-electron chi connectivity index (χ3n) is 21.6. The Bertz CT molecular complexity index is 5790. The summed E-state index contributed by atoms with van der Waals surface area (Å²) in [7, 11) is -3.20. The van der Waals surface area contributed by atoms with E-state index >= 15 is 0 Å². The highest BCUT2D eigenvalue weighted by Gasteiger charge is 2.23. The van der Waals surface area contributed by atoms with Crippen molar-refractivity contribution in [2.24, 2.45) is 17.8 Å². The molecule has 0 amide bonds. The normalized spacial score (nSPS) is 12.9. The van der Waals surface area contributed by atoms with Crippen molar-refractivity contribution in [1.29, 1.82) is 0 Å². The molecule has 28 nitrogen and oxygen atoms in total. The number of anilines is 10. The Labute approximate surface area is 776 Å². The van der Waals surface area contributed by atoms with Crippen LogP contribution in [0.2, 0.25) is 0 Å². The highest BCUT2D eigenvalue weighted by atomic mass is 32.2. The molecule has 7 aromatic carbocycles. The van der Waals surface area contributed by atoms with E-state index in [1.807, 2.05) is 195 Å². The van der Waals surface area contributed by atoms with Crippen LogP contribution < -0.4 is 56.1 Å². The third-order valence-corrected chi connectivity index (χ3v) is 22.7. The van der Waals surface area contributed by atoms with Crippen LogP contribution >= 0.6 is 0 Å². The number of aromatic nitrogens is 14. The number of aryl methyl sites for hydroxylation is 2. The van der Waals surface area contributed by atoms with Gasteiger partial charge in [0.25, 0.3) is 0 Å². The lowest BCUT2D eigenvalue weighted by Crippen LogP contribution is -2.18. The fraction of sp³-hybridized carbons (Fsp3) is 0.320. The molecule has 0 radical (unpaired) electrons. The Hall–Kier alpha value is -14.0. The van der Waals surface area contributed by atoms with E-state index in [4.69, 9.17) is 49.6 Å². The topological polar surface area (TPSA) is 451 Å². The van der Waals surface area contributed by atoms with E-state index in [1.54, 1.807) is 30.3 Å². The summed E-state index contributed by atoms with van der Waals surface area (Å²) in [5.41, 5.74) is 57.8. The predicted molar refractivity (Wildman–Crippen MR) is 536 cm³/mol. The molecule has 1 saturated heterocycles. The number of benzene rings is 7. The first-order chi connectivity index (χ1) is 64.2. The number of nitrogen functional groups attached to an aromatic ring is 7. The summed E-state index contributed by atoms with van der Waals surface area (Å²) in [6.07, 6.45) is 22.1. The van der Waals surface area contributed by atoms with E-state index in [-0.39, 0.29) is 16.8 Å². The molecule has 0 atom stereocenters. The second kappa shape index (κ2) is 52.6. The molecule has 0 spiro atoms. The molecule has 3 aliphatic rings. The van der Waals surface area contributed by atoms with Gasteiger partial charge in [0, 0.05) is 132 Å². The molecular weight excluding hydrogens is 1670 g/mol. The average Bonchev–Trinajstić information content (AvgIpc) is 1.03. The first-order valence-electron chi connectivity index (χ1n) is 45.7. The molecule has 2 saturated carbocycles. The quantitative estimate of drug-likeness (QED) is 0.0195. The molecule has 1 aliphatic heterocycles. The number of ether oxygens (including phenoxy) is 2. The van der Waals surface area contributed by atoms with Crippen molar-refractivity contribution >= 4 is 68.9 Å². The lowest BCUT2D eigenvalue weighted by molar-refractivity contribution is 0.0663. The van der Waals surface area contributed by atoms with Crippen molar-refractivity contribution in [1.82, 2.24) is 69.8 Å². The van der Waals surface area contributed by atoms with E-state index < -0.39 is 9.84 Å². The number of rotatable bonds is 29. The van der Waals surface area contributed by atoms with Gasteiger partial charge >= 0.3 is 0 Å². The first kappa shape index (κ1) is 98.6. The van der Waals surface area contributed by atoms with Crippen LogP contribution in [0.4, 0.5) is 59.1 Å². The minimum absolute atomic E-state index is 0.179. The monoisotopic (exact) mass is 1800 g/mol. The largest absolute Gasteiger partial charge is 0.382 e. The van der Waals surface area contributed by atoms with E-state index in [9.17, 15) is 8.42 Å². The third kappa shape index (κ3) is 34.1. The maximum atomic E-state index is 11.5.